The fourth-order valence-corrected chi connectivity index (χ4v) is 3.87. The molecule has 2 aromatic carbocycles. The molecule has 0 atom stereocenters. The average molecular weight is 430 g/mol. The number of aryl methyl sites for hydroxylation is 1. The molecule has 0 saturated carbocycles. The van der Waals surface area contributed by atoms with Crippen LogP contribution in [0.25, 0.3) is 0 Å². The van der Waals surface area contributed by atoms with Crippen molar-refractivity contribution in [3.8, 4) is 0 Å². The lowest BCUT2D eigenvalue weighted by Crippen LogP contribution is -2.38. The Kier molecular flexibility index (Phi) is 6.81. The summed E-state index contributed by atoms with van der Waals surface area (Å²) in [5.74, 6) is -1.37. The van der Waals surface area contributed by atoms with Crippen LogP contribution in [-0.2, 0) is 21.0 Å². The van der Waals surface area contributed by atoms with E-state index in [1.165, 1.54) is 18.2 Å². The molecule has 0 aliphatic rings. The Morgan fingerprint density at radius 1 is 1.21 bits per heavy atom. The predicted octanol–water partition coefficient (Wildman–Crippen LogP) is 3.97. The van der Waals surface area contributed by atoms with E-state index in [-0.39, 0.29) is 12.2 Å². The van der Waals surface area contributed by atoms with Crippen molar-refractivity contribution in [1.82, 2.24) is 4.31 Å². The minimum absolute atomic E-state index is 0.157. The molecule has 0 spiro atoms. The fraction of sp³-hybridized carbons (Fsp3) is 0.211. The van der Waals surface area contributed by atoms with Crippen LogP contribution in [-0.4, -0.2) is 31.7 Å². The van der Waals surface area contributed by atoms with E-state index in [9.17, 15) is 30.8 Å². The molecule has 2 rings (SSSR count). The van der Waals surface area contributed by atoms with Gasteiger partial charge in [-0.15, -0.1) is 6.58 Å². The maximum absolute atomic E-state index is 13.4. The zero-order valence-corrected chi connectivity index (χ0v) is 16.1. The molecule has 5 nitrogen and oxygen atoms in total. The highest BCUT2D eigenvalue weighted by atomic mass is 32.2. The highest BCUT2D eigenvalue weighted by molar-refractivity contribution is 7.89. The number of nitrogens with one attached hydrogen (secondary N) is 1. The molecular weight excluding hydrogens is 412 g/mol. The van der Waals surface area contributed by atoms with Gasteiger partial charge in [-0.1, -0.05) is 18.2 Å². The maximum atomic E-state index is 13.4. The lowest BCUT2D eigenvalue weighted by molar-refractivity contribution is -0.137. The standard InChI is InChI=1S/C19H18F4N2O3S/c1-3-9-25(12-18(26)24-17-11-15(20)8-7-13(17)2)29(27,28)16-6-4-5-14(10-16)19(21,22)23/h3-8,10-11H,1,9,12H2,2H3,(H,24,26). The third-order valence-corrected chi connectivity index (χ3v) is 5.73. The van der Waals surface area contributed by atoms with E-state index in [0.29, 0.717) is 15.9 Å². The first-order valence-corrected chi connectivity index (χ1v) is 9.73. The van der Waals surface area contributed by atoms with Gasteiger partial charge in [-0.25, -0.2) is 12.8 Å². The molecule has 0 bridgehead atoms. The number of alkyl halides is 3. The zero-order valence-electron chi connectivity index (χ0n) is 15.3. The van der Waals surface area contributed by atoms with Gasteiger partial charge in [0.15, 0.2) is 0 Å². The van der Waals surface area contributed by atoms with E-state index < -0.39 is 44.9 Å². The van der Waals surface area contributed by atoms with Crippen LogP contribution in [0.3, 0.4) is 0 Å². The number of nitrogens with zero attached hydrogens (tertiary/aromatic N) is 1. The van der Waals surface area contributed by atoms with E-state index in [2.05, 4.69) is 11.9 Å². The van der Waals surface area contributed by atoms with Crippen molar-refractivity contribution in [2.45, 2.75) is 18.0 Å². The molecule has 0 unspecified atom stereocenters. The molecule has 0 aliphatic carbocycles. The number of amides is 1. The van der Waals surface area contributed by atoms with E-state index >= 15 is 0 Å². The van der Waals surface area contributed by atoms with Crippen molar-refractivity contribution in [3.63, 3.8) is 0 Å². The van der Waals surface area contributed by atoms with Gasteiger partial charge in [0.2, 0.25) is 15.9 Å². The Bertz CT molecular complexity index is 1020. The molecular formula is C19H18F4N2O3S. The summed E-state index contributed by atoms with van der Waals surface area (Å²) in [5, 5.41) is 2.40. The topological polar surface area (TPSA) is 66.5 Å². The molecule has 2 aromatic rings. The Hall–Kier alpha value is -2.72. The molecule has 0 saturated heterocycles. The van der Waals surface area contributed by atoms with Crippen LogP contribution in [0.4, 0.5) is 23.2 Å². The van der Waals surface area contributed by atoms with Crippen molar-refractivity contribution < 1.29 is 30.8 Å². The summed E-state index contributed by atoms with van der Waals surface area (Å²) in [7, 11) is -4.42. The lowest BCUT2D eigenvalue weighted by atomic mass is 10.2. The molecule has 156 valence electrons. The molecule has 0 heterocycles. The van der Waals surface area contributed by atoms with Crippen molar-refractivity contribution in [3.05, 3.63) is 72.1 Å². The van der Waals surface area contributed by atoms with Crippen LogP contribution in [0, 0.1) is 12.7 Å². The fourth-order valence-electron chi connectivity index (χ4n) is 2.45. The van der Waals surface area contributed by atoms with Gasteiger partial charge in [-0.05, 0) is 42.8 Å². The first-order valence-electron chi connectivity index (χ1n) is 8.29. The summed E-state index contributed by atoms with van der Waals surface area (Å²) >= 11 is 0. The van der Waals surface area contributed by atoms with Crippen LogP contribution in [0.5, 0.6) is 0 Å². The summed E-state index contributed by atoms with van der Waals surface area (Å²) in [6.07, 6.45) is -3.52. The highest BCUT2D eigenvalue weighted by Gasteiger charge is 2.33. The monoisotopic (exact) mass is 430 g/mol. The van der Waals surface area contributed by atoms with Gasteiger partial charge >= 0.3 is 6.18 Å². The number of carbonyl (C=O) groups is 1. The SMILES string of the molecule is C=CCN(CC(=O)Nc1cc(F)ccc1C)S(=O)(=O)c1cccc(C(F)(F)F)c1. The first kappa shape index (κ1) is 22.6. The Morgan fingerprint density at radius 2 is 1.90 bits per heavy atom. The third kappa shape index (κ3) is 5.64. The number of carbonyl (C=O) groups excluding carboxylic acids is 1. The molecule has 0 aromatic heterocycles. The van der Waals surface area contributed by atoms with E-state index in [4.69, 9.17) is 0 Å². The third-order valence-electron chi connectivity index (χ3n) is 3.93. The zero-order chi connectivity index (χ0) is 21.8. The Balaban J connectivity index is 2.29. The van der Waals surface area contributed by atoms with Crippen LogP contribution in [0.2, 0.25) is 0 Å². The molecule has 29 heavy (non-hydrogen) atoms. The van der Waals surface area contributed by atoms with Crippen LogP contribution < -0.4 is 5.32 Å². The second kappa shape index (κ2) is 8.75. The number of sulfonamides is 1. The maximum Gasteiger partial charge on any atom is 0.416 e. The summed E-state index contributed by atoms with van der Waals surface area (Å²) in [5.41, 5.74) is -0.419. The second-order valence-corrected chi connectivity index (χ2v) is 8.06. The number of rotatable bonds is 7. The highest BCUT2D eigenvalue weighted by Crippen LogP contribution is 2.31. The van der Waals surface area contributed by atoms with Gasteiger partial charge < -0.3 is 5.32 Å². The van der Waals surface area contributed by atoms with Crippen molar-refractivity contribution in [2.75, 3.05) is 18.4 Å². The Morgan fingerprint density at radius 3 is 2.52 bits per heavy atom. The van der Waals surface area contributed by atoms with Gasteiger partial charge in [0.1, 0.15) is 5.82 Å². The Labute approximate surface area is 165 Å². The molecule has 0 radical (unpaired) electrons. The van der Waals surface area contributed by atoms with E-state index in [1.54, 1.807) is 6.92 Å². The summed E-state index contributed by atoms with van der Waals surface area (Å²) in [4.78, 5) is 11.7. The normalized spacial score (nSPS) is 12.1. The summed E-state index contributed by atoms with van der Waals surface area (Å²) < 4.78 is 78.3. The van der Waals surface area contributed by atoms with E-state index in [0.717, 1.165) is 24.3 Å². The van der Waals surface area contributed by atoms with Crippen molar-refractivity contribution in [2.24, 2.45) is 0 Å². The summed E-state index contributed by atoms with van der Waals surface area (Å²) in [6, 6.07) is 6.94. The van der Waals surface area contributed by atoms with E-state index in [1.807, 2.05) is 0 Å². The van der Waals surface area contributed by atoms with Crippen LogP contribution >= 0.6 is 0 Å². The second-order valence-electron chi connectivity index (χ2n) is 6.12. The number of hydrogen-bond donors (Lipinski definition) is 1. The predicted molar refractivity (Wildman–Crippen MR) is 100 cm³/mol. The number of anilines is 1. The lowest BCUT2D eigenvalue weighted by Gasteiger charge is -2.21. The van der Waals surface area contributed by atoms with Gasteiger partial charge in [0.25, 0.3) is 0 Å². The van der Waals surface area contributed by atoms with Gasteiger partial charge in [-0.3, -0.25) is 4.79 Å². The molecule has 0 aliphatic heterocycles. The van der Waals surface area contributed by atoms with Crippen LogP contribution in [0.15, 0.2) is 60.0 Å². The number of hydrogen-bond acceptors (Lipinski definition) is 3. The van der Waals surface area contributed by atoms with Gasteiger partial charge in [-0.2, -0.15) is 17.5 Å². The average Bonchev–Trinajstić information content (AvgIpc) is 2.64. The van der Waals surface area contributed by atoms with Gasteiger partial charge in [0, 0.05) is 12.2 Å². The molecule has 0 fully saturated rings. The number of halogens is 4. The minimum atomic E-state index is -4.72. The molecule has 1 N–H and O–H groups in total. The van der Waals surface area contributed by atoms with Crippen molar-refractivity contribution >= 4 is 21.6 Å². The molecule has 10 heteroatoms. The minimum Gasteiger partial charge on any atom is -0.325 e. The van der Waals surface area contributed by atoms with Crippen molar-refractivity contribution in [1.29, 1.82) is 0 Å². The quantitative estimate of drug-likeness (QED) is 0.534. The first-order chi connectivity index (χ1) is 13.4. The largest absolute Gasteiger partial charge is 0.416 e. The molecule has 1 amide bonds. The smallest absolute Gasteiger partial charge is 0.325 e. The summed E-state index contributed by atoms with van der Waals surface area (Å²) in [6.45, 7) is 4.03. The number of benzene rings is 2. The van der Waals surface area contributed by atoms with Gasteiger partial charge in [0.05, 0.1) is 17.0 Å². The van der Waals surface area contributed by atoms with Crippen LogP contribution in [0.1, 0.15) is 11.1 Å².